The summed E-state index contributed by atoms with van der Waals surface area (Å²) < 4.78 is 6.91. The van der Waals surface area contributed by atoms with E-state index < -0.39 is 17.1 Å². The normalized spacial score (nSPS) is 24.0. The van der Waals surface area contributed by atoms with E-state index in [-0.39, 0.29) is 24.8 Å². The maximum atomic E-state index is 2.78. The molecule has 0 amide bonds. The molecule has 2 aromatic carbocycles. The summed E-state index contributed by atoms with van der Waals surface area (Å²) in [6.45, 7) is 7.36. The number of hydrogen-bond donors (Lipinski definition) is 0. The fraction of sp³-hybridized carbons (Fsp3) is 0.429. The van der Waals surface area contributed by atoms with Gasteiger partial charge in [-0.3, -0.25) is 0 Å². The first-order chi connectivity index (χ1) is 14.2. The van der Waals surface area contributed by atoms with E-state index in [4.69, 9.17) is 0 Å². The van der Waals surface area contributed by atoms with E-state index in [1.165, 1.54) is 25.7 Å². The van der Waals surface area contributed by atoms with Crippen molar-refractivity contribution >= 4 is 43.9 Å². The summed E-state index contributed by atoms with van der Waals surface area (Å²) in [4.78, 5) is 0. The first-order valence-electron chi connectivity index (χ1n) is 11.9. The maximum Gasteiger partial charge on any atom is -0.147 e. The molecule has 32 heavy (non-hydrogen) atoms. The van der Waals surface area contributed by atoms with Crippen LogP contribution in [0.15, 0.2) is 47.5 Å². The number of halogens is 2. The molecule has 4 aliphatic rings. The molecule has 2 aromatic rings. The smallest absolute Gasteiger partial charge is 0.147 e. The van der Waals surface area contributed by atoms with Crippen molar-refractivity contribution in [3.63, 3.8) is 0 Å². The summed E-state index contributed by atoms with van der Waals surface area (Å²) in [5.74, 6) is 1.65. The topological polar surface area (TPSA) is 0 Å². The van der Waals surface area contributed by atoms with Gasteiger partial charge in [0.15, 0.2) is 0 Å². The summed E-state index contributed by atoms with van der Waals surface area (Å²) in [7, 11) is 0. The molecular formula is C28H36Cl2HfSi. The Morgan fingerprint density at radius 1 is 0.656 bits per heavy atom. The van der Waals surface area contributed by atoms with E-state index in [2.05, 4.69) is 78.7 Å². The van der Waals surface area contributed by atoms with Gasteiger partial charge in [0.05, 0.1) is 0 Å². The Labute approximate surface area is 208 Å². The van der Waals surface area contributed by atoms with Crippen LogP contribution in [0.1, 0.15) is 92.1 Å². The van der Waals surface area contributed by atoms with Gasteiger partial charge in [-0.15, -0.1) is 24.8 Å². The third-order valence-electron chi connectivity index (χ3n) is 8.55. The van der Waals surface area contributed by atoms with Gasteiger partial charge in [0.1, 0.15) is 0 Å². The predicted molar refractivity (Wildman–Crippen MR) is 144 cm³/mol. The first kappa shape index (κ1) is 24.7. The monoisotopic (exact) mass is 650 g/mol. The molecule has 6 rings (SSSR count). The second-order valence-electron chi connectivity index (χ2n) is 11.8. The molecule has 0 N–H and O–H groups in total. The molecule has 2 saturated carbocycles. The van der Waals surface area contributed by atoms with Crippen LogP contribution in [0, 0.1) is 0 Å². The Hall–Kier alpha value is -0.413. The molecule has 2 unspecified atom stereocenters. The van der Waals surface area contributed by atoms with Gasteiger partial charge in [0.2, 0.25) is 0 Å². The standard InChI is InChI=1S/2C13H13.2CH3.2ClH.Hf.H2Si/c2*1-9-7-11-3-2-4-12(10-5-6-10)13(11)8-9;;;;;;/h2*2-4,7-8,10H,5-6H2,1H3;2*1H3;2*1H;;1H2. The van der Waals surface area contributed by atoms with Crippen molar-refractivity contribution in [2.24, 2.45) is 0 Å². The zero-order valence-electron chi connectivity index (χ0n) is 19.8. The first-order valence-corrected chi connectivity index (χ1v) is 31.6. The van der Waals surface area contributed by atoms with Crippen LogP contribution in [0.5, 0.6) is 0 Å². The third kappa shape index (κ3) is 3.63. The molecular weight excluding hydrogens is 614 g/mol. The SMILES string of the molecule is CC1=Cc2c(C3CC3)cccc2[CH]1[Hf]([CH3])([CH3])(=[SiH2])[CH]1C(C)=Cc2c(C3CC3)cccc21.Cl.Cl. The van der Waals surface area contributed by atoms with Crippen LogP contribution in [-0.4, -0.2) is 6.94 Å². The van der Waals surface area contributed by atoms with Gasteiger partial charge < -0.3 is 0 Å². The van der Waals surface area contributed by atoms with Crippen molar-refractivity contribution in [3.05, 3.63) is 80.9 Å². The van der Waals surface area contributed by atoms with Crippen molar-refractivity contribution in [2.45, 2.75) is 68.1 Å². The minimum atomic E-state index is -3.41. The third-order valence-corrected chi connectivity index (χ3v) is 34.4. The van der Waals surface area contributed by atoms with E-state index in [0.717, 1.165) is 11.8 Å². The molecule has 0 spiro atoms. The summed E-state index contributed by atoms with van der Waals surface area (Å²) >= 11 is -3.41. The van der Waals surface area contributed by atoms with Crippen molar-refractivity contribution in [1.29, 1.82) is 0 Å². The van der Waals surface area contributed by atoms with Crippen molar-refractivity contribution < 1.29 is 17.1 Å². The fourth-order valence-corrected chi connectivity index (χ4v) is 37.9. The molecule has 0 nitrogen and oxygen atoms in total. The number of rotatable bonds is 4. The molecule has 4 aliphatic carbocycles. The molecule has 2 fully saturated rings. The maximum absolute atomic E-state index is 3.41. The summed E-state index contributed by atoms with van der Waals surface area (Å²) in [5.41, 5.74) is 13.1. The Balaban J connectivity index is 0.00000122. The number of allylic oxidation sites excluding steroid dienone is 2. The van der Waals surface area contributed by atoms with Crippen LogP contribution in [0.4, 0.5) is 0 Å². The van der Waals surface area contributed by atoms with E-state index in [1.807, 2.05) is 0 Å². The van der Waals surface area contributed by atoms with Gasteiger partial charge in [0.25, 0.3) is 0 Å². The van der Waals surface area contributed by atoms with Crippen LogP contribution in [0.2, 0.25) is 9.36 Å². The zero-order valence-corrected chi connectivity index (χ0v) is 26.4. The molecule has 0 radical (unpaired) electrons. The fourth-order valence-electron chi connectivity index (χ4n) is 7.34. The van der Waals surface area contributed by atoms with E-state index >= 15 is 0 Å². The Kier molecular flexibility index (Phi) is 6.23. The molecule has 4 heteroatoms. The molecule has 2 atom stereocenters. The second-order valence-corrected chi connectivity index (χ2v) is 55.3. The summed E-state index contributed by atoms with van der Waals surface area (Å²) in [6.07, 6.45) is 10.7. The van der Waals surface area contributed by atoms with Crippen LogP contribution in [0.3, 0.4) is 0 Å². The Bertz CT molecular complexity index is 1130. The van der Waals surface area contributed by atoms with Gasteiger partial charge in [-0.05, 0) is 0 Å². The summed E-state index contributed by atoms with van der Waals surface area (Å²) in [6, 6.07) is 14.5. The minimum Gasteiger partial charge on any atom is -0.147 e. The van der Waals surface area contributed by atoms with Crippen LogP contribution in [-0.2, 0) is 17.1 Å². The molecule has 0 bridgehead atoms. The van der Waals surface area contributed by atoms with Gasteiger partial charge in [-0.2, -0.15) is 0 Å². The summed E-state index contributed by atoms with van der Waals surface area (Å²) in [5, 5.41) is 0. The Morgan fingerprint density at radius 3 is 1.34 bits per heavy atom. The molecule has 0 aliphatic heterocycles. The van der Waals surface area contributed by atoms with Crippen molar-refractivity contribution in [1.82, 2.24) is 0 Å². The minimum absolute atomic E-state index is 0. The van der Waals surface area contributed by atoms with Crippen LogP contribution >= 0.6 is 24.8 Å². The zero-order chi connectivity index (χ0) is 20.9. The quantitative estimate of drug-likeness (QED) is 0.293. The van der Waals surface area contributed by atoms with E-state index in [0.29, 0.717) is 7.35 Å². The largest absolute Gasteiger partial charge is 0.147 e. The van der Waals surface area contributed by atoms with Crippen molar-refractivity contribution in [3.8, 4) is 0 Å². The predicted octanol–water partition coefficient (Wildman–Crippen LogP) is 8.24. The second kappa shape index (κ2) is 8.07. The molecule has 0 saturated heterocycles. The Morgan fingerprint density at radius 2 is 1.00 bits per heavy atom. The van der Waals surface area contributed by atoms with Gasteiger partial charge in [0, 0.05) is 0 Å². The molecule has 0 aromatic heterocycles. The number of fused-ring (bicyclic) bond motifs is 2. The average molecular weight is 650 g/mol. The van der Waals surface area contributed by atoms with E-state index in [9.17, 15) is 0 Å². The number of benzene rings is 2. The van der Waals surface area contributed by atoms with Crippen LogP contribution < -0.4 is 0 Å². The average Bonchev–Trinajstić information content (AvgIpc) is 3.58. The molecule has 0 heterocycles. The van der Waals surface area contributed by atoms with E-state index in [1.54, 1.807) is 44.5 Å². The van der Waals surface area contributed by atoms with Gasteiger partial charge in [-0.25, -0.2) is 0 Å². The van der Waals surface area contributed by atoms with Crippen LogP contribution in [0.25, 0.3) is 12.2 Å². The van der Waals surface area contributed by atoms with Gasteiger partial charge >= 0.3 is 185 Å². The van der Waals surface area contributed by atoms with Crippen molar-refractivity contribution in [2.75, 3.05) is 0 Å². The number of hydrogen-bond acceptors (Lipinski definition) is 0. The molecule has 170 valence electrons. The van der Waals surface area contributed by atoms with Gasteiger partial charge in [-0.1, -0.05) is 0 Å².